The van der Waals surface area contributed by atoms with Crippen LogP contribution in [0.15, 0.2) is 48.5 Å². The van der Waals surface area contributed by atoms with Crippen molar-refractivity contribution in [2.24, 2.45) is 0 Å². The summed E-state index contributed by atoms with van der Waals surface area (Å²) in [5.74, 6) is 0.776. The number of hydrogen-bond acceptors (Lipinski definition) is 5. The molecule has 2 fully saturated rings. The van der Waals surface area contributed by atoms with Crippen molar-refractivity contribution < 1.29 is 14.3 Å². The lowest BCUT2D eigenvalue weighted by Crippen LogP contribution is -2.50. The molecule has 0 saturated carbocycles. The third-order valence-electron chi connectivity index (χ3n) is 6.70. The highest BCUT2D eigenvalue weighted by Gasteiger charge is 2.30. The van der Waals surface area contributed by atoms with Crippen LogP contribution in [0.25, 0.3) is 0 Å². The van der Waals surface area contributed by atoms with Crippen LogP contribution in [-0.2, 0) is 16.0 Å². The van der Waals surface area contributed by atoms with Gasteiger partial charge in [0.15, 0.2) is 0 Å². The van der Waals surface area contributed by atoms with Gasteiger partial charge >= 0.3 is 0 Å². The number of piperidine rings is 1. The lowest BCUT2D eigenvalue weighted by Gasteiger charge is -2.40. The monoisotopic (exact) mass is 451 g/mol. The summed E-state index contributed by atoms with van der Waals surface area (Å²) in [6.07, 6.45) is 4.83. The molecule has 1 atom stereocenters. The molecule has 1 unspecified atom stereocenters. The Kier molecular flexibility index (Phi) is 7.56. The highest BCUT2D eigenvalue weighted by atomic mass is 16.5. The third kappa shape index (κ3) is 6.71. The number of anilines is 2. The molecular formula is C27H37N3O3. The molecule has 4 rings (SSSR count). The molecular weight excluding hydrogens is 414 g/mol. The zero-order valence-corrected chi connectivity index (χ0v) is 20.1. The van der Waals surface area contributed by atoms with E-state index in [4.69, 9.17) is 9.47 Å². The molecule has 6 nitrogen and oxygen atoms in total. The van der Waals surface area contributed by atoms with E-state index in [1.54, 1.807) is 7.11 Å². The minimum atomic E-state index is -0.0175. The lowest BCUT2D eigenvalue weighted by molar-refractivity contribution is -0.115. The molecule has 2 aromatic rings. The van der Waals surface area contributed by atoms with E-state index in [1.165, 1.54) is 5.69 Å². The van der Waals surface area contributed by atoms with E-state index in [1.807, 2.05) is 36.4 Å². The largest absolute Gasteiger partial charge is 0.497 e. The van der Waals surface area contributed by atoms with E-state index in [9.17, 15) is 4.79 Å². The summed E-state index contributed by atoms with van der Waals surface area (Å²) in [5, 5.41) is 6.88. The van der Waals surface area contributed by atoms with Crippen LogP contribution in [0.3, 0.4) is 0 Å². The van der Waals surface area contributed by atoms with Gasteiger partial charge in [-0.25, -0.2) is 0 Å². The second-order valence-corrected chi connectivity index (χ2v) is 9.85. The Morgan fingerprint density at radius 3 is 2.36 bits per heavy atom. The van der Waals surface area contributed by atoms with Gasteiger partial charge in [-0.05, 0) is 81.5 Å². The maximum atomic E-state index is 12.4. The van der Waals surface area contributed by atoms with Crippen LogP contribution < -0.4 is 20.3 Å². The summed E-state index contributed by atoms with van der Waals surface area (Å²) in [6, 6.07) is 16.9. The number of carbonyl (C=O) groups excluding carboxylic acids is 1. The highest BCUT2D eigenvalue weighted by molar-refractivity contribution is 5.92. The van der Waals surface area contributed by atoms with Crippen molar-refractivity contribution in [3.05, 3.63) is 54.1 Å². The van der Waals surface area contributed by atoms with Gasteiger partial charge in [0.25, 0.3) is 0 Å². The van der Waals surface area contributed by atoms with Crippen molar-refractivity contribution in [1.29, 1.82) is 0 Å². The molecule has 178 valence electrons. The molecule has 2 aliphatic heterocycles. The number of carbonyl (C=O) groups is 1. The van der Waals surface area contributed by atoms with E-state index in [-0.39, 0.29) is 11.5 Å². The molecule has 2 N–H and O–H groups in total. The third-order valence-corrected chi connectivity index (χ3v) is 6.70. The molecule has 0 bridgehead atoms. The second-order valence-electron chi connectivity index (χ2n) is 9.85. The smallest absolute Gasteiger partial charge is 0.228 e. The average Bonchev–Trinajstić information content (AvgIpc) is 2.80. The summed E-state index contributed by atoms with van der Waals surface area (Å²) in [4.78, 5) is 14.8. The Labute approximate surface area is 197 Å². The fourth-order valence-electron chi connectivity index (χ4n) is 4.90. The first-order valence-electron chi connectivity index (χ1n) is 12.1. The van der Waals surface area contributed by atoms with Crippen LogP contribution in [0.2, 0.25) is 0 Å². The van der Waals surface area contributed by atoms with Crippen molar-refractivity contribution in [3.63, 3.8) is 0 Å². The normalized spacial score (nSPS) is 20.9. The van der Waals surface area contributed by atoms with Gasteiger partial charge in [0.2, 0.25) is 5.91 Å². The fraction of sp³-hybridized carbons (Fsp3) is 0.519. The summed E-state index contributed by atoms with van der Waals surface area (Å²) >= 11 is 0. The number of rotatable bonds is 7. The SMILES string of the molecule is COc1ccc(CC(=O)Nc2ccc(N3CCC(NC4CCOC(C)(C)C4)CC3)cc2)cc1. The summed E-state index contributed by atoms with van der Waals surface area (Å²) in [7, 11) is 1.64. The molecule has 0 radical (unpaired) electrons. The molecule has 6 heteroatoms. The summed E-state index contributed by atoms with van der Waals surface area (Å²) < 4.78 is 11.0. The van der Waals surface area contributed by atoms with Gasteiger partial charge in [0, 0.05) is 43.2 Å². The van der Waals surface area contributed by atoms with Gasteiger partial charge in [0.05, 0.1) is 19.1 Å². The first-order valence-corrected chi connectivity index (χ1v) is 12.1. The Bertz CT molecular complexity index is 903. The molecule has 2 aromatic carbocycles. The molecule has 2 saturated heterocycles. The first kappa shape index (κ1) is 23.6. The predicted molar refractivity (Wildman–Crippen MR) is 133 cm³/mol. The van der Waals surface area contributed by atoms with Gasteiger partial charge < -0.3 is 25.0 Å². The number of benzene rings is 2. The minimum Gasteiger partial charge on any atom is -0.497 e. The van der Waals surface area contributed by atoms with Crippen molar-refractivity contribution >= 4 is 17.3 Å². The van der Waals surface area contributed by atoms with Crippen molar-refractivity contribution in [2.45, 2.75) is 63.6 Å². The van der Waals surface area contributed by atoms with Gasteiger partial charge in [-0.2, -0.15) is 0 Å². The van der Waals surface area contributed by atoms with Crippen LogP contribution in [-0.4, -0.2) is 50.4 Å². The summed E-state index contributed by atoms with van der Waals surface area (Å²) in [6.45, 7) is 7.33. The van der Waals surface area contributed by atoms with E-state index in [2.05, 4.69) is 41.5 Å². The highest BCUT2D eigenvalue weighted by Crippen LogP contribution is 2.26. The average molecular weight is 452 g/mol. The number of hydrogen-bond donors (Lipinski definition) is 2. The standard InChI is InChI=1S/C27H37N3O3/c1-27(2)19-23(14-17-33-27)28-22-12-15-30(16-13-22)24-8-6-21(7-9-24)29-26(31)18-20-4-10-25(32-3)11-5-20/h4-11,22-23,28H,12-19H2,1-3H3,(H,29,31). The van der Waals surface area contributed by atoms with E-state index >= 15 is 0 Å². The molecule has 0 spiro atoms. The fourth-order valence-corrected chi connectivity index (χ4v) is 4.90. The van der Waals surface area contributed by atoms with Crippen molar-refractivity contribution in [1.82, 2.24) is 5.32 Å². The van der Waals surface area contributed by atoms with Gasteiger partial charge in [-0.1, -0.05) is 12.1 Å². The number of nitrogens with one attached hydrogen (secondary N) is 2. The van der Waals surface area contributed by atoms with E-state index in [0.717, 1.165) is 62.4 Å². The van der Waals surface area contributed by atoms with Crippen LogP contribution in [0.1, 0.15) is 45.1 Å². The van der Waals surface area contributed by atoms with Crippen LogP contribution >= 0.6 is 0 Å². The van der Waals surface area contributed by atoms with Gasteiger partial charge in [-0.15, -0.1) is 0 Å². The molecule has 2 aliphatic rings. The van der Waals surface area contributed by atoms with E-state index < -0.39 is 0 Å². The Morgan fingerprint density at radius 1 is 1.03 bits per heavy atom. The van der Waals surface area contributed by atoms with Crippen molar-refractivity contribution in [2.75, 3.05) is 37.0 Å². The van der Waals surface area contributed by atoms with Crippen LogP contribution in [0.5, 0.6) is 5.75 Å². The number of amides is 1. The zero-order valence-electron chi connectivity index (χ0n) is 20.1. The maximum absolute atomic E-state index is 12.4. The Balaban J connectivity index is 1.22. The maximum Gasteiger partial charge on any atom is 0.228 e. The molecule has 0 aromatic heterocycles. The quantitative estimate of drug-likeness (QED) is 0.654. The van der Waals surface area contributed by atoms with Gasteiger partial charge in [0.1, 0.15) is 5.75 Å². The molecule has 2 heterocycles. The predicted octanol–water partition coefficient (Wildman–Crippen LogP) is 4.39. The molecule has 0 aliphatic carbocycles. The Morgan fingerprint density at radius 2 is 1.73 bits per heavy atom. The summed E-state index contributed by atoms with van der Waals surface area (Å²) in [5.41, 5.74) is 3.00. The number of methoxy groups -OCH3 is 1. The molecule has 1 amide bonds. The van der Waals surface area contributed by atoms with Crippen LogP contribution in [0, 0.1) is 0 Å². The van der Waals surface area contributed by atoms with E-state index in [0.29, 0.717) is 18.5 Å². The van der Waals surface area contributed by atoms with Crippen molar-refractivity contribution in [3.8, 4) is 5.75 Å². The van der Waals surface area contributed by atoms with Crippen LogP contribution in [0.4, 0.5) is 11.4 Å². The Hall–Kier alpha value is -2.57. The number of ether oxygens (including phenoxy) is 2. The minimum absolute atomic E-state index is 0.0115. The first-order chi connectivity index (χ1) is 15.9. The number of nitrogens with zero attached hydrogens (tertiary/aromatic N) is 1. The lowest BCUT2D eigenvalue weighted by atomic mass is 9.92. The van der Waals surface area contributed by atoms with Gasteiger partial charge in [-0.3, -0.25) is 4.79 Å². The zero-order chi connectivity index (χ0) is 23.3. The topological polar surface area (TPSA) is 62.8 Å². The molecule has 33 heavy (non-hydrogen) atoms. The second kappa shape index (κ2) is 10.6.